The van der Waals surface area contributed by atoms with Gasteiger partial charge in [-0.25, -0.2) is 9.67 Å². The Balaban J connectivity index is 1.79. The van der Waals surface area contributed by atoms with Gasteiger partial charge in [-0.3, -0.25) is 0 Å². The van der Waals surface area contributed by atoms with Crippen molar-refractivity contribution in [1.82, 2.24) is 19.7 Å². The molecular formula is C24H27ClN6. The highest BCUT2D eigenvalue weighted by atomic mass is 35.5. The lowest BCUT2D eigenvalue weighted by Gasteiger charge is -2.22. The molecule has 2 aromatic heterocycles. The minimum absolute atomic E-state index is 0.534. The van der Waals surface area contributed by atoms with Crippen LogP contribution in [0.25, 0.3) is 16.9 Å². The van der Waals surface area contributed by atoms with E-state index in [-0.39, 0.29) is 0 Å². The number of fused-ring (bicyclic) bond motifs is 1. The second kappa shape index (κ2) is 8.94. The van der Waals surface area contributed by atoms with E-state index in [1.165, 1.54) is 16.7 Å². The molecule has 1 N–H and O–H groups in total. The number of rotatable bonds is 7. The summed E-state index contributed by atoms with van der Waals surface area (Å²) in [6, 6.07) is 12.2. The number of hydrogen-bond acceptors (Lipinski definition) is 5. The maximum atomic E-state index is 6.67. The summed E-state index contributed by atoms with van der Waals surface area (Å²) < 4.78 is 1.67. The van der Waals surface area contributed by atoms with Crippen LogP contribution in [0.4, 0.5) is 11.5 Å². The van der Waals surface area contributed by atoms with Gasteiger partial charge in [0.1, 0.15) is 5.82 Å². The zero-order chi connectivity index (χ0) is 22.0. The van der Waals surface area contributed by atoms with Crippen LogP contribution in [0.5, 0.6) is 0 Å². The summed E-state index contributed by atoms with van der Waals surface area (Å²) >= 11 is 6.67. The zero-order valence-electron chi connectivity index (χ0n) is 18.4. The summed E-state index contributed by atoms with van der Waals surface area (Å²) in [6.45, 7) is 10.9. The lowest BCUT2D eigenvalue weighted by molar-refractivity contribution is 0.793. The van der Waals surface area contributed by atoms with Gasteiger partial charge in [0.15, 0.2) is 0 Å². The Hall–Kier alpha value is -3.12. The molecule has 0 fully saturated rings. The van der Waals surface area contributed by atoms with E-state index in [0.29, 0.717) is 17.5 Å². The molecule has 0 aliphatic rings. The highest BCUT2D eigenvalue weighted by molar-refractivity contribution is 6.34. The molecule has 7 heteroatoms. The first kappa shape index (κ1) is 21.1. The predicted molar refractivity (Wildman–Crippen MR) is 128 cm³/mol. The van der Waals surface area contributed by atoms with Gasteiger partial charge in [-0.05, 0) is 62.6 Å². The monoisotopic (exact) mass is 434 g/mol. The van der Waals surface area contributed by atoms with Gasteiger partial charge in [-0.15, -0.1) is 0 Å². The van der Waals surface area contributed by atoms with Crippen molar-refractivity contribution >= 4 is 34.0 Å². The normalized spacial score (nSPS) is 11.1. The average Bonchev–Trinajstić information content (AvgIpc) is 3.29. The molecule has 0 aliphatic heterocycles. The van der Waals surface area contributed by atoms with Crippen molar-refractivity contribution in [2.45, 2.75) is 34.2 Å². The van der Waals surface area contributed by atoms with E-state index in [4.69, 9.17) is 21.6 Å². The van der Waals surface area contributed by atoms with Gasteiger partial charge in [0.2, 0.25) is 0 Å². The molecule has 31 heavy (non-hydrogen) atoms. The summed E-state index contributed by atoms with van der Waals surface area (Å²) in [5.74, 6) is 1.42. The van der Waals surface area contributed by atoms with E-state index < -0.39 is 0 Å². The Morgan fingerprint density at radius 1 is 1.03 bits per heavy atom. The fourth-order valence-corrected chi connectivity index (χ4v) is 4.05. The minimum Gasteiger partial charge on any atom is -0.380 e. The molecular weight excluding hydrogens is 408 g/mol. The summed E-state index contributed by atoms with van der Waals surface area (Å²) in [5, 5.41) is 9.42. The first-order valence-electron chi connectivity index (χ1n) is 10.6. The number of benzene rings is 2. The predicted octanol–water partition coefficient (Wildman–Crippen LogP) is 5.54. The lowest BCUT2D eigenvalue weighted by atomic mass is 10.0. The molecule has 0 bridgehead atoms. The average molecular weight is 435 g/mol. The van der Waals surface area contributed by atoms with Gasteiger partial charge in [-0.1, -0.05) is 29.8 Å². The quantitative estimate of drug-likeness (QED) is 0.413. The Morgan fingerprint density at radius 3 is 2.42 bits per heavy atom. The van der Waals surface area contributed by atoms with Crippen molar-refractivity contribution in [3.63, 3.8) is 0 Å². The number of nitrogens with zero attached hydrogens (tertiary/aromatic N) is 5. The molecule has 0 atom stereocenters. The van der Waals surface area contributed by atoms with Crippen LogP contribution in [0.3, 0.4) is 0 Å². The molecule has 4 aromatic rings. The molecule has 6 nitrogen and oxygen atoms in total. The van der Waals surface area contributed by atoms with E-state index in [0.717, 1.165) is 35.5 Å². The molecule has 0 saturated heterocycles. The third-order valence-corrected chi connectivity index (χ3v) is 5.94. The zero-order valence-corrected chi connectivity index (χ0v) is 19.1. The first-order valence-corrected chi connectivity index (χ1v) is 10.9. The molecule has 160 valence electrons. The Morgan fingerprint density at radius 2 is 1.77 bits per heavy atom. The maximum Gasteiger partial charge on any atom is 0.253 e. The summed E-state index contributed by atoms with van der Waals surface area (Å²) in [6.07, 6.45) is 3.56. The largest absolute Gasteiger partial charge is 0.380 e. The first-order chi connectivity index (χ1) is 15.0. The SMILES string of the molecule is CCN(CC)c1nc(-n2cccn2)nc2cc(Cl)c(NCc3c(C)cccc3C)cc12. The van der Waals surface area contributed by atoms with Gasteiger partial charge >= 0.3 is 0 Å². The van der Waals surface area contributed by atoms with Gasteiger partial charge in [0, 0.05) is 37.4 Å². The Bertz CT molecular complexity index is 1180. The summed E-state index contributed by atoms with van der Waals surface area (Å²) in [7, 11) is 0. The van der Waals surface area contributed by atoms with Crippen molar-refractivity contribution in [3.05, 3.63) is 70.5 Å². The molecule has 2 aromatic carbocycles. The number of aromatic nitrogens is 4. The number of halogens is 1. The van der Waals surface area contributed by atoms with E-state index in [9.17, 15) is 0 Å². The van der Waals surface area contributed by atoms with E-state index in [2.05, 4.69) is 67.3 Å². The fourth-order valence-electron chi connectivity index (χ4n) is 3.82. The highest BCUT2D eigenvalue weighted by Crippen LogP contribution is 2.33. The standard InChI is InChI=1S/C24H27ClN6/c1-5-30(6-2)23-18-13-22(26-15-19-16(3)9-7-10-17(19)4)20(25)14-21(18)28-24(29-23)31-12-8-11-27-31/h7-14,26H,5-6,15H2,1-4H3. The maximum absolute atomic E-state index is 6.67. The second-order valence-corrected chi connectivity index (χ2v) is 7.95. The third-order valence-electron chi connectivity index (χ3n) is 5.63. The van der Waals surface area contributed by atoms with Crippen LogP contribution in [0.15, 0.2) is 48.8 Å². The number of hydrogen-bond donors (Lipinski definition) is 1. The van der Waals surface area contributed by atoms with E-state index in [1.807, 2.05) is 18.3 Å². The molecule has 0 unspecified atom stereocenters. The van der Waals surface area contributed by atoms with Gasteiger partial charge in [-0.2, -0.15) is 10.1 Å². The number of nitrogens with one attached hydrogen (secondary N) is 1. The van der Waals surface area contributed by atoms with Gasteiger partial charge in [0.05, 0.1) is 16.2 Å². The minimum atomic E-state index is 0.534. The molecule has 0 aliphatic carbocycles. The van der Waals surface area contributed by atoms with Crippen LogP contribution in [-0.4, -0.2) is 32.8 Å². The van der Waals surface area contributed by atoms with Gasteiger partial charge < -0.3 is 10.2 Å². The van der Waals surface area contributed by atoms with Crippen LogP contribution >= 0.6 is 11.6 Å². The van der Waals surface area contributed by atoms with Crippen LogP contribution < -0.4 is 10.2 Å². The molecule has 0 saturated carbocycles. The van der Waals surface area contributed by atoms with Crippen LogP contribution in [0.1, 0.15) is 30.5 Å². The topological polar surface area (TPSA) is 58.9 Å². The Kier molecular flexibility index (Phi) is 6.09. The van der Waals surface area contributed by atoms with Crippen molar-refractivity contribution < 1.29 is 0 Å². The third kappa shape index (κ3) is 4.21. The Labute approximate surface area is 187 Å². The van der Waals surface area contributed by atoms with Crippen LogP contribution in [0, 0.1) is 13.8 Å². The lowest BCUT2D eigenvalue weighted by Crippen LogP contribution is -2.24. The smallest absolute Gasteiger partial charge is 0.253 e. The summed E-state index contributed by atoms with van der Waals surface area (Å²) in [5.41, 5.74) is 5.49. The van der Waals surface area contributed by atoms with Crippen molar-refractivity contribution in [1.29, 1.82) is 0 Å². The van der Waals surface area contributed by atoms with Crippen molar-refractivity contribution in [2.24, 2.45) is 0 Å². The molecule has 0 spiro atoms. The molecule has 0 radical (unpaired) electrons. The van der Waals surface area contributed by atoms with E-state index >= 15 is 0 Å². The van der Waals surface area contributed by atoms with Crippen molar-refractivity contribution in [3.8, 4) is 5.95 Å². The van der Waals surface area contributed by atoms with E-state index in [1.54, 1.807) is 10.9 Å². The van der Waals surface area contributed by atoms with Gasteiger partial charge in [0.25, 0.3) is 5.95 Å². The fraction of sp³-hybridized carbons (Fsp3) is 0.292. The molecule has 4 rings (SSSR count). The van der Waals surface area contributed by atoms with Crippen LogP contribution in [-0.2, 0) is 6.54 Å². The molecule has 0 amide bonds. The summed E-state index contributed by atoms with van der Waals surface area (Å²) in [4.78, 5) is 11.8. The van der Waals surface area contributed by atoms with Crippen molar-refractivity contribution in [2.75, 3.05) is 23.3 Å². The highest BCUT2D eigenvalue weighted by Gasteiger charge is 2.16. The number of aryl methyl sites for hydroxylation is 2. The number of anilines is 2. The molecule has 2 heterocycles. The van der Waals surface area contributed by atoms with Crippen LogP contribution in [0.2, 0.25) is 5.02 Å². The second-order valence-electron chi connectivity index (χ2n) is 7.54.